The van der Waals surface area contributed by atoms with Crippen molar-refractivity contribution >= 4 is 22.6 Å². The van der Waals surface area contributed by atoms with Crippen LogP contribution in [-0.4, -0.2) is 78.5 Å². The Morgan fingerprint density at radius 1 is 1.17 bits per heavy atom. The third-order valence-corrected chi connectivity index (χ3v) is 5.99. The number of hydrogen-bond donors (Lipinski definition) is 1. The van der Waals surface area contributed by atoms with Crippen LogP contribution in [0.1, 0.15) is 31.3 Å². The molecule has 1 saturated heterocycles. The number of aryl methyl sites for hydroxylation is 1. The highest BCUT2D eigenvalue weighted by atomic mass is 32.1. The van der Waals surface area contributed by atoms with E-state index in [4.69, 9.17) is 4.99 Å². The summed E-state index contributed by atoms with van der Waals surface area (Å²) in [6.45, 7) is 9.58. The van der Waals surface area contributed by atoms with Crippen LogP contribution in [0.3, 0.4) is 0 Å². The Morgan fingerprint density at radius 3 is 2.48 bits per heavy atom. The molecule has 0 amide bonds. The van der Waals surface area contributed by atoms with Gasteiger partial charge in [-0.2, -0.15) is 4.37 Å². The first kappa shape index (κ1) is 21.5. The number of benzene rings is 1. The van der Waals surface area contributed by atoms with Crippen LogP contribution in [0.15, 0.2) is 35.3 Å². The summed E-state index contributed by atoms with van der Waals surface area (Å²) in [5, 5.41) is 4.52. The molecule has 0 radical (unpaired) electrons. The van der Waals surface area contributed by atoms with Gasteiger partial charge in [0.1, 0.15) is 5.82 Å². The van der Waals surface area contributed by atoms with E-state index >= 15 is 0 Å². The fourth-order valence-corrected chi connectivity index (χ4v) is 4.27. The number of aromatic nitrogens is 2. The molecule has 158 valence electrons. The fraction of sp³-hybridized carbons (Fsp3) is 0.571. The molecule has 0 bridgehead atoms. The summed E-state index contributed by atoms with van der Waals surface area (Å²) in [5.74, 6) is 1.94. The highest BCUT2D eigenvalue weighted by Gasteiger charge is 2.22. The number of hydrogen-bond acceptors (Lipinski definition) is 6. The van der Waals surface area contributed by atoms with Gasteiger partial charge in [0.15, 0.2) is 5.96 Å². The standard InChI is InChI=1S/C21H33N7S/c1-5-19-24-21(29-25-19)28-14-12-27(13-15-28)20(22-6-2)23-16-18(26(3)4)17-10-8-7-9-11-17/h7-11,18H,5-6,12-16H2,1-4H3,(H,22,23). The van der Waals surface area contributed by atoms with Gasteiger partial charge >= 0.3 is 0 Å². The minimum atomic E-state index is 0.264. The van der Waals surface area contributed by atoms with Crippen molar-refractivity contribution in [2.45, 2.75) is 26.3 Å². The number of anilines is 1. The molecule has 1 unspecified atom stereocenters. The Labute approximate surface area is 178 Å². The van der Waals surface area contributed by atoms with Gasteiger partial charge in [0.25, 0.3) is 0 Å². The maximum atomic E-state index is 5.00. The smallest absolute Gasteiger partial charge is 0.205 e. The molecule has 0 saturated carbocycles. The first-order valence-corrected chi connectivity index (χ1v) is 11.2. The van der Waals surface area contributed by atoms with E-state index in [0.29, 0.717) is 0 Å². The zero-order valence-electron chi connectivity index (χ0n) is 18.0. The van der Waals surface area contributed by atoms with Crippen molar-refractivity contribution in [2.75, 3.05) is 58.3 Å². The monoisotopic (exact) mass is 415 g/mol. The molecular weight excluding hydrogens is 382 g/mol. The molecular formula is C21H33N7S. The summed E-state index contributed by atoms with van der Waals surface area (Å²) in [4.78, 5) is 16.6. The van der Waals surface area contributed by atoms with Crippen molar-refractivity contribution in [1.29, 1.82) is 0 Å². The van der Waals surface area contributed by atoms with E-state index in [1.54, 1.807) is 0 Å². The lowest BCUT2D eigenvalue weighted by molar-refractivity contribution is 0.303. The Kier molecular flexibility index (Phi) is 7.83. The van der Waals surface area contributed by atoms with Gasteiger partial charge in [-0.3, -0.25) is 4.99 Å². The molecule has 0 spiro atoms. The van der Waals surface area contributed by atoms with E-state index in [1.807, 2.05) is 0 Å². The van der Waals surface area contributed by atoms with Gasteiger partial charge < -0.3 is 20.0 Å². The van der Waals surface area contributed by atoms with Gasteiger partial charge in [0, 0.05) is 50.7 Å². The molecule has 0 aliphatic carbocycles. The summed E-state index contributed by atoms with van der Waals surface area (Å²) in [6, 6.07) is 10.9. The van der Waals surface area contributed by atoms with Crippen LogP contribution in [-0.2, 0) is 6.42 Å². The molecule has 1 aromatic carbocycles. The van der Waals surface area contributed by atoms with Gasteiger partial charge in [-0.25, -0.2) is 4.98 Å². The second-order valence-corrected chi connectivity index (χ2v) is 8.14. The molecule has 3 rings (SSSR count). The molecule has 1 N–H and O–H groups in total. The normalized spacial score (nSPS) is 16.4. The van der Waals surface area contributed by atoms with Crippen LogP contribution in [0, 0.1) is 0 Å². The molecule has 1 fully saturated rings. The SMILES string of the molecule is CCNC(=NCC(c1ccccc1)N(C)C)N1CCN(c2nc(CC)ns2)CC1. The van der Waals surface area contributed by atoms with Crippen LogP contribution in [0.4, 0.5) is 5.13 Å². The molecule has 1 atom stereocenters. The molecule has 29 heavy (non-hydrogen) atoms. The third-order valence-electron chi connectivity index (χ3n) is 5.18. The highest BCUT2D eigenvalue weighted by molar-refractivity contribution is 7.09. The summed E-state index contributed by atoms with van der Waals surface area (Å²) >= 11 is 1.51. The Bertz CT molecular complexity index is 766. The number of guanidine groups is 1. The van der Waals surface area contributed by atoms with Gasteiger partial charge in [0.2, 0.25) is 5.13 Å². The molecule has 7 nitrogen and oxygen atoms in total. The lowest BCUT2D eigenvalue weighted by Gasteiger charge is -2.36. The molecule has 8 heteroatoms. The summed E-state index contributed by atoms with van der Waals surface area (Å²) in [7, 11) is 4.23. The van der Waals surface area contributed by atoms with E-state index in [0.717, 1.165) is 62.6 Å². The van der Waals surface area contributed by atoms with Crippen molar-refractivity contribution in [3.8, 4) is 0 Å². The minimum absolute atomic E-state index is 0.264. The predicted octanol–water partition coefficient (Wildman–Crippen LogP) is 2.49. The average molecular weight is 416 g/mol. The quantitative estimate of drug-likeness (QED) is 0.554. The first-order chi connectivity index (χ1) is 14.1. The lowest BCUT2D eigenvalue weighted by atomic mass is 10.1. The Morgan fingerprint density at radius 2 is 1.90 bits per heavy atom. The number of nitrogens with one attached hydrogen (secondary N) is 1. The number of likely N-dealkylation sites (N-methyl/N-ethyl adjacent to an activating group) is 1. The molecule has 2 heterocycles. The summed E-state index contributed by atoms with van der Waals surface area (Å²) < 4.78 is 4.42. The topological polar surface area (TPSA) is 59.9 Å². The van der Waals surface area contributed by atoms with Crippen molar-refractivity contribution in [3.05, 3.63) is 41.7 Å². The zero-order chi connectivity index (χ0) is 20.6. The van der Waals surface area contributed by atoms with E-state index in [2.05, 4.69) is 87.6 Å². The van der Waals surface area contributed by atoms with Gasteiger partial charge in [-0.05, 0) is 26.6 Å². The number of nitrogens with zero attached hydrogens (tertiary/aromatic N) is 6. The van der Waals surface area contributed by atoms with E-state index in [9.17, 15) is 0 Å². The maximum Gasteiger partial charge on any atom is 0.205 e. The van der Waals surface area contributed by atoms with Crippen molar-refractivity contribution in [1.82, 2.24) is 24.5 Å². The number of rotatable bonds is 7. The van der Waals surface area contributed by atoms with Gasteiger partial charge in [-0.1, -0.05) is 37.3 Å². The maximum absolute atomic E-state index is 5.00. The van der Waals surface area contributed by atoms with E-state index in [-0.39, 0.29) is 6.04 Å². The number of aliphatic imine (C=N–C) groups is 1. The van der Waals surface area contributed by atoms with Crippen LogP contribution in [0.25, 0.3) is 0 Å². The zero-order valence-corrected chi connectivity index (χ0v) is 18.8. The van der Waals surface area contributed by atoms with E-state index < -0.39 is 0 Å². The van der Waals surface area contributed by atoms with Crippen molar-refractivity contribution < 1.29 is 0 Å². The first-order valence-electron chi connectivity index (χ1n) is 10.4. The third kappa shape index (κ3) is 5.67. The van der Waals surface area contributed by atoms with Gasteiger partial charge in [0.05, 0.1) is 12.6 Å². The molecule has 1 aliphatic heterocycles. The average Bonchev–Trinajstić information content (AvgIpc) is 3.23. The van der Waals surface area contributed by atoms with E-state index in [1.165, 1.54) is 17.1 Å². The molecule has 1 aliphatic rings. The predicted molar refractivity (Wildman–Crippen MR) is 122 cm³/mol. The second kappa shape index (κ2) is 10.5. The summed E-state index contributed by atoms with van der Waals surface area (Å²) in [5.41, 5.74) is 1.30. The largest absolute Gasteiger partial charge is 0.357 e. The van der Waals surface area contributed by atoms with Crippen molar-refractivity contribution in [2.24, 2.45) is 4.99 Å². The van der Waals surface area contributed by atoms with Crippen LogP contribution < -0.4 is 10.2 Å². The molecule has 2 aromatic rings. The van der Waals surface area contributed by atoms with Crippen LogP contribution >= 0.6 is 11.5 Å². The lowest BCUT2D eigenvalue weighted by Crippen LogP contribution is -2.52. The second-order valence-electron chi connectivity index (χ2n) is 7.41. The summed E-state index contributed by atoms with van der Waals surface area (Å²) in [6.07, 6.45) is 0.891. The highest BCUT2D eigenvalue weighted by Crippen LogP contribution is 2.20. The Hall–Kier alpha value is -2.19. The molecule has 1 aromatic heterocycles. The Balaban J connectivity index is 1.64. The fourth-order valence-electron chi connectivity index (χ4n) is 3.47. The van der Waals surface area contributed by atoms with Crippen LogP contribution in [0.5, 0.6) is 0 Å². The van der Waals surface area contributed by atoms with Crippen LogP contribution in [0.2, 0.25) is 0 Å². The van der Waals surface area contributed by atoms with Crippen molar-refractivity contribution in [3.63, 3.8) is 0 Å². The minimum Gasteiger partial charge on any atom is -0.357 e. The number of piperazine rings is 1. The van der Waals surface area contributed by atoms with Gasteiger partial charge in [-0.15, -0.1) is 0 Å².